The summed E-state index contributed by atoms with van der Waals surface area (Å²) in [5, 5.41) is 3.48. The van der Waals surface area contributed by atoms with Crippen molar-refractivity contribution in [1.29, 1.82) is 0 Å². The zero-order chi connectivity index (χ0) is 19.3. The molecule has 6 heteroatoms. The van der Waals surface area contributed by atoms with E-state index in [-0.39, 0.29) is 11.9 Å². The number of para-hydroxylation sites is 2. The number of amides is 1. The minimum Gasteiger partial charge on any atom is -0.378 e. The molecule has 1 unspecified atom stereocenters. The Balaban J connectivity index is 1.49. The van der Waals surface area contributed by atoms with E-state index in [1.807, 2.05) is 60.4 Å². The molecular weight excluding hydrogens is 352 g/mol. The first-order valence-corrected chi connectivity index (χ1v) is 9.81. The van der Waals surface area contributed by atoms with E-state index in [4.69, 9.17) is 4.74 Å². The molecule has 2 aromatic carbocycles. The molecule has 1 atom stereocenters. The Bertz CT molecular complexity index is 932. The summed E-state index contributed by atoms with van der Waals surface area (Å²) in [6.45, 7) is 5.96. The molecule has 1 aromatic heterocycles. The van der Waals surface area contributed by atoms with Crippen molar-refractivity contribution < 1.29 is 9.53 Å². The van der Waals surface area contributed by atoms with Crippen LogP contribution in [0.3, 0.4) is 0 Å². The molecule has 4 rings (SSSR count). The Labute approximate surface area is 165 Å². The average molecular weight is 378 g/mol. The van der Waals surface area contributed by atoms with Gasteiger partial charge in [-0.05, 0) is 24.6 Å². The van der Waals surface area contributed by atoms with Crippen molar-refractivity contribution in [3.8, 4) is 0 Å². The number of benzene rings is 2. The van der Waals surface area contributed by atoms with Crippen molar-refractivity contribution in [2.75, 3.05) is 32.8 Å². The van der Waals surface area contributed by atoms with Gasteiger partial charge in [0.05, 0.1) is 24.2 Å². The Hall–Kier alpha value is -2.70. The number of aromatic nitrogens is 2. The van der Waals surface area contributed by atoms with Gasteiger partial charge in [0.2, 0.25) is 5.91 Å². The molecule has 1 N–H and O–H groups in total. The molecule has 0 radical (unpaired) electrons. The van der Waals surface area contributed by atoms with Crippen LogP contribution in [0.15, 0.2) is 54.6 Å². The second kappa shape index (κ2) is 8.54. The molecule has 1 amide bonds. The van der Waals surface area contributed by atoms with E-state index in [1.165, 1.54) is 0 Å². The predicted molar refractivity (Wildman–Crippen MR) is 109 cm³/mol. The fourth-order valence-electron chi connectivity index (χ4n) is 3.76. The maximum atomic E-state index is 13.2. The zero-order valence-corrected chi connectivity index (χ0v) is 16.2. The van der Waals surface area contributed by atoms with Crippen LogP contribution in [-0.2, 0) is 16.1 Å². The SMILES string of the molecule is Cc1nc2ccccc2n1CCNC(C(=O)N1CCOCC1)c1ccccc1. The van der Waals surface area contributed by atoms with Crippen molar-refractivity contribution in [1.82, 2.24) is 19.8 Å². The number of rotatable bonds is 6. The topological polar surface area (TPSA) is 59.4 Å². The molecule has 0 spiro atoms. The lowest BCUT2D eigenvalue weighted by molar-refractivity contribution is -0.137. The van der Waals surface area contributed by atoms with Gasteiger partial charge in [0.25, 0.3) is 0 Å². The molecule has 28 heavy (non-hydrogen) atoms. The Morgan fingerprint density at radius 2 is 1.82 bits per heavy atom. The van der Waals surface area contributed by atoms with Crippen molar-refractivity contribution in [2.24, 2.45) is 0 Å². The van der Waals surface area contributed by atoms with Gasteiger partial charge >= 0.3 is 0 Å². The lowest BCUT2D eigenvalue weighted by Gasteiger charge is -2.31. The van der Waals surface area contributed by atoms with E-state index in [2.05, 4.69) is 20.9 Å². The number of ether oxygens (including phenoxy) is 1. The van der Waals surface area contributed by atoms with Crippen LogP contribution in [0.5, 0.6) is 0 Å². The number of fused-ring (bicyclic) bond motifs is 1. The Morgan fingerprint density at radius 3 is 2.61 bits per heavy atom. The summed E-state index contributed by atoms with van der Waals surface area (Å²) in [5.41, 5.74) is 3.12. The third-order valence-electron chi connectivity index (χ3n) is 5.23. The van der Waals surface area contributed by atoms with E-state index in [1.54, 1.807) is 0 Å². The largest absolute Gasteiger partial charge is 0.378 e. The maximum Gasteiger partial charge on any atom is 0.244 e. The van der Waals surface area contributed by atoms with Gasteiger partial charge in [0.15, 0.2) is 0 Å². The maximum absolute atomic E-state index is 13.2. The van der Waals surface area contributed by atoms with Crippen LogP contribution < -0.4 is 5.32 Å². The van der Waals surface area contributed by atoms with Crippen LogP contribution in [0.2, 0.25) is 0 Å². The number of morpholine rings is 1. The van der Waals surface area contributed by atoms with E-state index < -0.39 is 0 Å². The van der Waals surface area contributed by atoms with Crippen molar-refractivity contribution in [3.05, 3.63) is 66.0 Å². The Kier molecular flexibility index (Phi) is 5.69. The molecular formula is C22H26N4O2. The molecule has 0 aliphatic carbocycles. The number of nitrogens with zero attached hydrogens (tertiary/aromatic N) is 3. The van der Waals surface area contributed by atoms with Gasteiger partial charge in [-0.1, -0.05) is 42.5 Å². The normalized spacial score (nSPS) is 15.7. The van der Waals surface area contributed by atoms with Gasteiger partial charge in [-0.3, -0.25) is 4.79 Å². The molecule has 0 bridgehead atoms. The van der Waals surface area contributed by atoms with E-state index in [0.29, 0.717) is 32.8 Å². The average Bonchev–Trinajstić information content (AvgIpc) is 3.07. The standard InChI is InChI=1S/C22H26N4O2/c1-17-24-19-9-5-6-10-20(19)26(17)12-11-23-21(18-7-3-2-4-8-18)22(27)25-13-15-28-16-14-25/h2-10,21,23H,11-16H2,1H3. The number of hydrogen-bond donors (Lipinski definition) is 1. The fourth-order valence-corrected chi connectivity index (χ4v) is 3.76. The van der Waals surface area contributed by atoms with Gasteiger partial charge in [-0.15, -0.1) is 0 Å². The first kappa shape index (κ1) is 18.7. The Morgan fingerprint density at radius 1 is 1.11 bits per heavy atom. The summed E-state index contributed by atoms with van der Waals surface area (Å²) in [7, 11) is 0. The lowest BCUT2D eigenvalue weighted by atomic mass is 10.1. The van der Waals surface area contributed by atoms with Crippen LogP contribution in [0, 0.1) is 6.92 Å². The molecule has 1 aliphatic heterocycles. The van der Waals surface area contributed by atoms with Crippen LogP contribution in [-0.4, -0.2) is 53.2 Å². The summed E-state index contributed by atoms with van der Waals surface area (Å²) in [6.07, 6.45) is 0. The summed E-state index contributed by atoms with van der Waals surface area (Å²) in [5.74, 6) is 1.10. The fraction of sp³-hybridized carbons (Fsp3) is 0.364. The summed E-state index contributed by atoms with van der Waals surface area (Å²) >= 11 is 0. The lowest BCUT2D eigenvalue weighted by Crippen LogP contribution is -2.46. The summed E-state index contributed by atoms with van der Waals surface area (Å²) < 4.78 is 7.59. The number of carbonyl (C=O) groups is 1. The number of aryl methyl sites for hydroxylation is 1. The minimum absolute atomic E-state index is 0.113. The minimum atomic E-state index is -0.352. The summed E-state index contributed by atoms with van der Waals surface area (Å²) in [6, 6.07) is 17.7. The number of hydrogen-bond acceptors (Lipinski definition) is 4. The highest BCUT2D eigenvalue weighted by molar-refractivity contribution is 5.83. The second-order valence-electron chi connectivity index (χ2n) is 7.03. The second-order valence-corrected chi connectivity index (χ2v) is 7.03. The molecule has 0 saturated carbocycles. The van der Waals surface area contributed by atoms with Crippen LogP contribution in [0.4, 0.5) is 0 Å². The molecule has 1 aliphatic rings. The number of imidazole rings is 1. The summed E-state index contributed by atoms with van der Waals surface area (Å²) in [4.78, 5) is 19.7. The van der Waals surface area contributed by atoms with E-state index in [0.717, 1.165) is 29.0 Å². The van der Waals surface area contributed by atoms with Crippen molar-refractivity contribution in [2.45, 2.75) is 19.5 Å². The smallest absolute Gasteiger partial charge is 0.244 e. The predicted octanol–water partition coefficient (Wildman–Crippen LogP) is 2.53. The molecule has 1 saturated heterocycles. The van der Waals surface area contributed by atoms with Crippen molar-refractivity contribution in [3.63, 3.8) is 0 Å². The van der Waals surface area contributed by atoms with Gasteiger partial charge in [-0.25, -0.2) is 4.98 Å². The molecule has 1 fully saturated rings. The third-order valence-corrected chi connectivity index (χ3v) is 5.23. The van der Waals surface area contributed by atoms with Crippen LogP contribution >= 0.6 is 0 Å². The van der Waals surface area contributed by atoms with Crippen molar-refractivity contribution >= 4 is 16.9 Å². The quantitative estimate of drug-likeness (QED) is 0.716. The number of nitrogens with one attached hydrogen (secondary N) is 1. The van der Waals surface area contributed by atoms with Gasteiger partial charge in [-0.2, -0.15) is 0 Å². The van der Waals surface area contributed by atoms with Gasteiger partial charge < -0.3 is 19.5 Å². The van der Waals surface area contributed by atoms with Crippen LogP contribution in [0.25, 0.3) is 11.0 Å². The third kappa shape index (κ3) is 3.93. The highest BCUT2D eigenvalue weighted by Crippen LogP contribution is 2.18. The molecule has 146 valence electrons. The highest BCUT2D eigenvalue weighted by atomic mass is 16.5. The zero-order valence-electron chi connectivity index (χ0n) is 16.2. The highest BCUT2D eigenvalue weighted by Gasteiger charge is 2.26. The molecule has 3 aromatic rings. The monoisotopic (exact) mass is 378 g/mol. The van der Waals surface area contributed by atoms with E-state index in [9.17, 15) is 4.79 Å². The number of carbonyl (C=O) groups excluding carboxylic acids is 1. The molecule has 6 nitrogen and oxygen atoms in total. The first-order valence-electron chi connectivity index (χ1n) is 9.81. The van der Waals surface area contributed by atoms with E-state index >= 15 is 0 Å². The van der Waals surface area contributed by atoms with Gasteiger partial charge in [0.1, 0.15) is 11.9 Å². The first-order chi connectivity index (χ1) is 13.7. The van der Waals surface area contributed by atoms with Crippen LogP contribution in [0.1, 0.15) is 17.4 Å². The van der Waals surface area contributed by atoms with Gasteiger partial charge in [0, 0.05) is 26.2 Å². The molecule has 2 heterocycles.